The molecule has 1 N–H and O–H groups in total. The van der Waals surface area contributed by atoms with Crippen LogP contribution in [0.4, 0.5) is 0 Å². The average molecular weight is 310 g/mol. The fraction of sp³-hybridized carbons (Fsp3) is 0.368. The largest absolute Gasteiger partial charge is 0.444 e. The molecule has 0 spiro atoms. The van der Waals surface area contributed by atoms with Gasteiger partial charge in [-0.05, 0) is 44.2 Å². The Hall–Kier alpha value is -2.36. The van der Waals surface area contributed by atoms with Gasteiger partial charge in [0.15, 0.2) is 0 Å². The van der Waals surface area contributed by atoms with E-state index in [0.717, 1.165) is 12.0 Å². The van der Waals surface area contributed by atoms with Crippen LogP contribution in [0, 0.1) is 0 Å². The quantitative estimate of drug-likeness (QED) is 0.824. The van der Waals surface area contributed by atoms with E-state index in [1.165, 1.54) is 31.3 Å². The van der Waals surface area contributed by atoms with Gasteiger partial charge in [0.05, 0.1) is 12.1 Å². The summed E-state index contributed by atoms with van der Waals surface area (Å²) in [5, 5.41) is 2.97. The number of carbonyl (C=O) groups excluding carboxylic acids is 1. The lowest BCUT2D eigenvalue weighted by atomic mass is 9.97. The summed E-state index contributed by atoms with van der Waals surface area (Å²) in [4.78, 5) is 16.4. The number of rotatable bonds is 6. The maximum Gasteiger partial charge on any atom is 0.226 e. The van der Waals surface area contributed by atoms with E-state index >= 15 is 0 Å². The lowest BCUT2D eigenvalue weighted by molar-refractivity contribution is -0.120. The fourth-order valence-electron chi connectivity index (χ4n) is 2.82. The van der Waals surface area contributed by atoms with Gasteiger partial charge in [-0.3, -0.25) is 4.79 Å². The fourth-order valence-corrected chi connectivity index (χ4v) is 2.82. The molecule has 3 rings (SSSR count). The van der Waals surface area contributed by atoms with Crippen LogP contribution in [0.3, 0.4) is 0 Å². The summed E-state index contributed by atoms with van der Waals surface area (Å²) >= 11 is 0. The summed E-state index contributed by atoms with van der Waals surface area (Å²) in [6.07, 6.45) is 10.0. The summed E-state index contributed by atoms with van der Waals surface area (Å²) in [5.41, 5.74) is 3.06. The molecule has 0 aliphatic heterocycles. The first-order valence-corrected chi connectivity index (χ1v) is 8.26. The van der Waals surface area contributed by atoms with Crippen molar-refractivity contribution in [3.05, 3.63) is 53.9 Å². The third kappa shape index (κ3) is 4.55. The van der Waals surface area contributed by atoms with E-state index in [9.17, 15) is 4.79 Å². The van der Waals surface area contributed by atoms with E-state index < -0.39 is 0 Å². The van der Waals surface area contributed by atoms with Crippen LogP contribution < -0.4 is 5.32 Å². The van der Waals surface area contributed by atoms with E-state index in [2.05, 4.69) is 16.4 Å². The smallest absolute Gasteiger partial charge is 0.226 e. The van der Waals surface area contributed by atoms with Crippen molar-refractivity contribution in [2.45, 2.75) is 38.5 Å². The topological polar surface area (TPSA) is 55.1 Å². The normalized spacial score (nSPS) is 14.3. The van der Waals surface area contributed by atoms with Gasteiger partial charge in [0.1, 0.15) is 6.26 Å². The Kier molecular flexibility index (Phi) is 5.25. The Balaban J connectivity index is 1.46. The summed E-state index contributed by atoms with van der Waals surface area (Å²) in [5.74, 6) is 0.551. The van der Waals surface area contributed by atoms with Crippen LogP contribution in [-0.2, 0) is 11.2 Å². The molecule has 0 saturated carbocycles. The van der Waals surface area contributed by atoms with Crippen molar-refractivity contribution in [1.82, 2.24) is 10.3 Å². The van der Waals surface area contributed by atoms with Gasteiger partial charge in [-0.1, -0.05) is 29.8 Å². The van der Waals surface area contributed by atoms with Crippen molar-refractivity contribution < 1.29 is 9.21 Å². The second kappa shape index (κ2) is 7.77. The number of amides is 1. The predicted octanol–water partition coefficient (Wildman–Crippen LogP) is 3.89. The number of nitrogens with one attached hydrogen (secondary N) is 1. The predicted molar refractivity (Wildman–Crippen MR) is 89.8 cm³/mol. The number of hydrogen-bond acceptors (Lipinski definition) is 3. The Morgan fingerprint density at radius 2 is 2.09 bits per heavy atom. The summed E-state index contributed by atoms with van der Waals surface area (Å²) in [6.45, 7) is 0.702. The van der Waals surface area contributed by atoms with Crippen LogP contribution >= 0.6 is 0 Å². The third-order valence-corrected chi connectivity index (χ3v) is 4.07. The molecule has 23 heavy (non-hydrogen) atoms. The minimum Gasteiger partial charge on any atom is -0.444 e. The van der Waals surface area contributed by atoms with Gasteiger partial charge in [-0.2, -0.15) is 0 Å². The highest BCUT2D eigenvalue weighted by molar-refractivity contribution is 5.78. The minimum absolute atomic E-state index is 0.00526. The average Bonchev–Trinajstić information content (AvgIpc) is 3.05. The minimum atomic E-state index is -0.00526. The molecule has 0 atom stereocenters. The molecule has 1 aliphatic carbocycles. The monoisotopic (exact) mass is 310 g/mol. The molecule has 1 aromatic carbocycles. The first-order valence-electron chi connectivity index (χ1n) is 8.26. The molecule has 4 heteroatoms. The van der Waals surface area contributed by atoms with Crippen LogP contribution in [0.5, 0.6) is 0 Å². The van der Waals surface area contributed by atoms with Crippen molar-refractivity contribution >= 4 is 5.91 Å². The molecule has 1 aliphatic rings. The van der Waals surface area contributed by atoms with Gasteiger partial charge in [0.2, 0.25) is 11.8 Å². The number of carbonyl (C=O) groups is 1. The van der Waals surface area contributed by atoms with Crippen LogP contribution in [0.1, 0.15) is 37.8 Å². The number of aromatic nitrogens is 1. The zero-order chi connectivity index (χ0) is 15.9. The SMILES string of the molecule is O=C(Cc1coc(-c2ccccc2)n1)NCCC1=CCCCC1. The highest BCUT2D eigenvalue weighted by Gasteiger charge is 2.10. The lowest BCUT2D eigenvalue weighted by Crippen LogP contribution is -2.26. The molecule has 2 aromatic rings. The van der Waals surface area contributed by atoms with Gasteiger partial charge in [-0.25, -0.2) is 4.98 Å². The van der Waals surface area contributed by atoms with E-state index in [1.807, 2.05) is 30.3 Å². The molecule has 0 saturated heterocycles. The van der Waals surface area contributed by atoms with Crippen LogP contribution in [0.2, 0.25) is 0 Å². The van der Waals surface area contributed by atoms with Gasteiger partial charge in [0.25, 0.3) is 0 Å². The van der Waals surface area contributed by atoms with E-state index in [0.29, 0.717) is 18.1 Å². The molecule has 0 radical (unpaired) electrons. The second-order valence-electron chi connectivity index (χ2n) is 5.89. The number of oxazole rings is 1. The Labute approximate surface area is 136 Å². The molecule has 1 aromatic heterocycles. The number of benzene rings is 1. The van der Waals surface area contributed by atoms with Crippen LogP contribution in [-0.4, -0.2) is 17.4 Å². The van der Waals surface area contributed by atoms with Crippen LogP contribution in [0.25, 0.3) is 11.5 Å². The van der Waals surface area contributed by atoms with Gasteiger partial charge < -0.3 is 9.73 Å². The van der Waals surface area contributed by atoms with E-state index in [-0.39, 0.29) is 12.3 Å². The molecule has 1 heterocycles. The molecular weight excluding hydrogens is 288 g/mol. The lowest BCUT2D eigenvalue weighted by Gasteiger charge is -2.12. The zero-order valence-electron chi connectivity index (χ0n) is 13.3. The Bertz CT molecular complexity index is 674. The molecule has 4 nitrogen and oxygen atoms in total. The highest BCUT2D eigenvalue weighted by Crippen LogP contribution is 2.20. The molecule has 1 amide bonds. The van der Waals surface area contributed by atoms with Crippen molar-refractivity contribution in [3.63, 3.8) is 0 Å². The van der Waals surface area contributed by atoms with Gasteiger partial charge in [-0.15, -0.1) is 0 Å². The van der Waals surface area contributed by atoms with Crippen LogP contribution in [0.15, 0.2) is 52.7 Å². The van der Waals surface area contributed by atoms with Gasteiger partial charge >= 0.3 is 0 Å². The van der Waals surface area contributed by atoms with Crippen molar-refractivity contribution in [3.8, 4) is 11.5 Å². The number of allylic oxidation sites excluding steroid dienone is 1. The molecule has 0 bridgehead atoms. The number of hydrogen-bond donors (Lipinski definition) is 1. The molecule has 0 fully saturated rings. The summed E-state index contributed by atoms with van der Waals surface area (Å²) < 4.78 is 5.45. The van der Waals surface area contributed by atoms with E-state index in [1.54, 1.807) is 6.26 Å². The maximum atomic E-state index is 12.0. The highest BCUT2D eigenvalue weighted by atomic mass is 16.3. The summed E-state index contributed by atoms with van der Waals surface area (Å²) in [6, 6.07) is 9.70. The van der Waals surface area contributed by atoms with Crippen molar-refractivity contribution in [1.29, 1.82) is 0 Å². The third-order valence-electron chi connectivity index (χ3n) is 4.07. The number of nitrogens with zero attached hydrogens (tertiary/aromatic N) is 1. The van der Waals surface area contributed by atoms with E-state index in [4.69, 9.17) is 4.42 Å². The maximum absolute atomic E-state index is 12.0. The molecule has 120 valence electrons. The van der Waals surface area contributed by atoms with Crippen molar-refractivity contribution in [2.75, 3.05) is 6.54 Å². The Morgan fingerprint density at radius 1 is 1.22 bits per heavy atom. The molecular formula is C19H22N2O2. The first kappa shape index (κ1) is 15.5. The standard InChI is InChI=1S/C19H22N2O2/c22-18(20-12-11-15-7-3-1-4-8-15)13-17-14-23-19(21-17)16-9-5-2-6-10-16/h2,5-7,9-10,14H,1,3-4,8,11-13H2,(H,20,22). The second-order valence-corrected chi connectivity index (χ2v) is 5.89. The molecule has 0 unspecified atom stereocenters. The zero-order valence-corrected chi connectivity index (χ0v) is 13.3. The first-order chi connectivity index (χ1) is 11.3. The van der Waals surface area contributed by atoms with Crippen molar-refractivity contribution in [2.24, 2.45) is 0 Å². The van der Waals surface area contributed by atoms with Gasteiger partial charge in [0, 0.05) is 12.1 Å². The summed E-state index contributed by atoms with van der Waals surface area (Å²) in [7, 11) is 0. The Morgan fingerprint density at radius 3 is 2.87 bits per heavy atom.